The molecule has 0 radical (unpaired) electrons. The van der Waals surface area contributed by atoms with Gasteiger partial charge in [0, 0.05) is 46.3 Å². The van der Waals surface area contributed by atoms with E-state index < -0.39 is 28.9 Å². The third-order valence-electron chi connectivity index (χ3n) is 6.83. The predicted molar refractivity (Wildman–Crippen MR) is 136 cm³/mol. The number of aromatic nitrogens is 1. The van der Waals surface area contributed by atoms with Crippen LogP contribution in [0.2, 0.25) is 5.15 Å². The molecule has 7 nitrogen and oxygen atoms in total. The Morgan fingerprint density at radius 3 is 2.21 bits per heavy atom. The van der Waals surface area contributed by atoms with Crippen molar-refractivity contribution in [2.75, 3.05) is 45.7 Å². The molecule has 1 saturated heterocycles. The van der Waals surface area contributed by atoms with Gasteiger partial charge in [-0.15, -0.1) is 0 Å². The van der Waals surface area contributed by atoms with E-state index in [-0.39, 0.29) is 48.9 Å². The van der Waals surface area contributed by atoms with Crippen molar-refractivity contribution in [3.8, 4) is 0 Å². The summed E-state index contributed by atoms with van der Waals surface area (Å²) in [4.78, 5) is 33.2. The van der Waals surface area contributed by atoms with Gasteiger partial charge in [0.05, 0.1) is 5.56 Å². The number of rotatable bonds is 8. The number of carbonyl (C=O) groups excluding carboxylic acids is 2. The van der Waals surface area contributed by atoms with Crippen LogP contribution in [0.5, 0.6) is 0 Å². The topological polar surface area (TPSA) is 77.0 Å². The number of anilines is 1. The van der Waals surface area contributed by atoms with Gasteiger partial charge in [0.2, 0.25) is 0 Å². The average molecular weight is 559 g/mol. The number of hydrogen-bond acceptors (Lipinski definition) is 5. The number of carbonyl (C=O) groups is 2. The van der Waals surface area contributed by atoms with Crippen LogP contribution in [-0.2, 0) is 10.4 Å². The highest BCUT2D eigenvalue weighted by molar-refractivity contribution is 6.32. The molecule has 1 aromatic heterocycles. The van der Waals surface area contributed by atoms with E-state index in [1.165, 1.54) is 23.1 Å². The third kappa shape index (κ3) is 6.20. The Balaban J connectivity index is 1.57. The third-order valence-corrected chi connectivity index (χ3v) is 7.12. The fraction of sp³-hybridized carbons (Fsp3) is 0.500. The Bertz CT molecular complexity index is 1140. The molecule has 2 amide bonds. The first-order chi connectivity index (χ1) is 17.7. The van der Waals surface area contributed by atoms with Gasteiger partial charge in [0.15, 0.2) is 0 Å². The van der Waals surface area contributed by atoms with E-state index in [0.717, 1.165) is 24.1 Å². The fourth-order valence-electron chi connectivity index (χ4n) is 4.49. The SMILES string of the molecule is CN(C)C(=O)c1ccc(N2CCC(F)(CCCN(C)C(=O)[C@](O)(c3ccccc3)C(F)(F)F)CC2)nc1Cl. The van der Waals surface area contributed by atoms with Gasteiger partial charge in [-0.05, 0) is 37.8 Å². The summed E-state index contributed by atoms with van der Waals surface area (Å²) in [7, 11) is 4.37. The molecule has 12 heteroatoms. The van der Waals surface area contributed by atoms with Crippen molar-refractivity contribution in [3.05, 3.63) is 58.7 Å². The van der Waals surface area contributed by atoms with Crippen LogP contribution >= 0.6 is 11.6 Å². The maximum absolute atomic E-state index is 15.5. The largest absolute Gasteiger partial charge is 0.430 e. The lowest BCUT2D eigenvalue weighted by molar-refractivity contribution is -0.261. The summed E-state index contributed by atoms with van der Waals surface area (Å²) in [5.74, 6) is -1.28. The van der Waals surface area contributed by atoms with Crippen molar-refractivity contribution in [1.29, 1.82) is 0 Å². The molecule has 0 saturated carbocycles. The highest BCUT2D eigenvalue weighted by Gasteiger charge is 2.61. The molecule has 0 unspecified atom stereocenters. The van der Waals surface area contributed by atoms with Crippen LogP contribution in [0.1, 0.15) is 41.6 Å². The molecule has 1 atom stereocenters. The van der Waals surface area contributed by atoms with E-state index >= 15 is 4.39 Å². The Morgan fingerprint density at radius 1 is 1.08 bits per heavy atom. The lowest BCUT2D eigenvalue weighted by Crippen LogP contribution is -2.55. The Labute approximate surface area is 224 Å². The first-order valence-electron chi connectivity index (χ1n) is 12.1. The van der Waals surface area contributed by atoms with E-state index in [0.29, 0.717) is 18.9 Å². The van der Waals surface area contributed by atoms with Crippen molar-refractivity contribution in [2.45, 2.75) is 43.1 Å². The Morgan fingerprint density at radius 2 is 1.68 bits per heavy atom. The second-order valence-corrected chi connectivity index (χ2v) is 10.1. The van der Waals surface area contributed by atoms with Crippen LogP contribution < -0.4 is 4.90 Å². The maximum Gasteiger partial charge on any atom is 0.430 e. The molecule has 0 spiro atoms. The summed E-state index contributed by atoms with van der Waals surface area (Å²) in [6, 6.07) is 9.40. The monoisotopic (exact) mass is 558 g/mol. The number of pyridine rings is 1. The van der Waals surface area contributed by atoms with Crippen LogP contribution in [0.25, 0.3) is 0 Å². The zero-order chi connectivity index (χ0) is 28.3. The Kier molecular flexibility index (Phi) is 8.93. The molecule has 0 aliphatic carbocycles. The van der Waals surface area contributed by atoms with Gasteiger partial charge in [0.1, 0.15) is 16.6 Å². The smallest absolute Gasteiger partial charge is 0.369 e. The first-order valence-corrected chi connectivity index (χ1v) is 12.5. The van der Waals surface area contributed by atoms with Crippen LogP contribution in [0.15, 0.2) is 42.5 Å². The van der Waals surface area contributed by atoms with Crippen LogP contribution in [0.4, 0.5) is 23.4 Å². The molecule has 2 aromatic rings. The number of alkyl halides is 4. The maximum atomic E-state index is 15.5. The first kappa shape index (κ1) is 29.6. The van der Waals surface area contributed by atoms with Crippen molar-refractivity contribution < 1.29 is 32.3 Å². The zero-order valence-electron chi connectivity index (χ0n) is 21.4. The molecule has 2 heterocycles. The summed E-state index contributed by atoms with van der Waals surface area (Å²) in [6.45, 7) is 0.507. The summed E-state index contributed by atoms with van der Waals surface area (Å²) in [5.41, 5.74) is -5.57. The van der Waals surface area contributed by atoms with Crippen molar-refractivity contribution in [2.24, 2.45) is 0 Å². The van der Waals surface area contributed by atoms with E-state index in [2.05, 4.69) is 4.98 Å². The molecule has 1 N–H and O–H groups in total. The van der Waals surface area contributed by atoms with E-state index in [4.69, 9.17) is 11.6 Å². The number of hydrogen-bond donors (Lipinski definition) is 1. The fourth-order valence-corrected chi connectivity index (χ4v) is 4.72. The number of aliphatic hydroxyl groups is 1. The van der Waals surface area contributed by atoms with Gasteiger partial charge in [-0.1, -0.05) is 41.9 Å². The van der Waals surface area contributed by atoms with Crippen LogP contribution in [0.3, 0.4) is 0 Å². The summed E-state index contributed by atoms with van der Waals surface area (Å²) in [5, 5.41) is 10.5. The zero-order valence-corrected chi connectivity index (χ0v) is 22.2. The highest BCUT2D eigenvalue weighted by Crippen LogP contribution is 2.40. The number of nitrogens with zero attached hydrogens (tertiary/aromatic N) is 4. The number of amides is 2. The molecule has 1 aliphatic heterocycles. The molecule has 38 heavy (non-hydrogen) atoms. The average Bonchev–Trinajstić information content (AvgIpc) is 2.87. The van der Waals surface area contributed by atoms with Gasteiger partial charge >= 0.3 is 6.18 Å². The number of halogens is 5. The molecule has 1 fully saturated rings. The Hall–Kier alpha value is -2.92. The molecule has 0 bridgehead atoms. The highest BCUT2D eigenvalue weighted by atomic mass is 35.5. The summed E-state index contributed by atoms with van der Waals surface area (Å²) >= 11 is 6.19. The summed E-state index contributed by atoms with van der Waals surface area (Å²) in [6.07, 6.45) is -4.77. The lowest BCUT2D eigenvalue weighted by atomic mass is 9.88. The van der Waals surface area contributed by atoms with Gasteiger partial charge in [-0.2, -0.15) is 13.2 Å². The quantitative estimate of drug-likeness (QED) is 0.383. The molecule has 208 valence electrons. The molecular formula is C26H31ClF4N4O3. The predicted octanol–water partition coefficient (Wildman–Crippen LogP) is 4.43. The molecule has 1 aliphatic rings. The van der Waals surface area contributed by atoms with Crippen molar-refractivity contribution >= 4 is 29.2 Å². The van der Waals surface area contributed by atoms with Gasteiger partial charge < -0.3 is 19.8 Å². The van der Waals surface area contributed by atoms with Gasteiger partial charge in [-0.25, -0.2) is 9.37 Å². The minimum Gasteiger partial charge on any atom is -0.369 e. The van der Waals surface area contributed by atoms with E-state index in [9.17, 15) is 27.9 Å². The van der Waals surface area contributed by atoms with Gasteiger partial charge in [-0.3, -0.25) is 9.59 Å². The minimum absolute atomic E-state index is 0.0404. The van der Waals surface area contributed by atoms with Crippen LogP contribution in [-0.4, -0.2) is 84.3 Å². The standard InChI is InChI=1S/C26H31ClF4N4O3/c1-33(2)22(36)19-10-11-20(32-21(19)27)35-16-13-24(28,14-17-35)12-7-15-34(3)23(37)25(38,26(29,30)31)18-8-5-4-6-9-18/h4-6,8-11,38H,7,12-17H2,1-3H3/t25-/m1/s1. The second-order valence-electron chi connectivity index (χ2n) is 9.75. The van der Waals surface area contributed by atoms with Crippen molar-refractivity contribution in [1.82, 2.24) is 14.8 Å². The van der Waals surface area contributed by atoms with Crippen molar-refractivity contribution in [3.63, 3.8) is 0 Å². The molecule has 1 aromatic carbocycles. The normalized spacial score (nSPS) is 17.0. The lowest BCUT2D eigenvalue weighted by Gasteiger charge is -2.38. The minimum atomic E-state index is -5.23. The van der Waals surface area contributed by atoms with Gasteiger partial charge in [0.25, 0.3) is 17.4 Å². The number of benzene rings is 1. The number of likely N-dealkylation sites (N-methyl/N-ethyl adjacent to an activating group) is 1. The second kappa shape index (κ2) is 11.4. The van der Waals surface area contributed by atoms with Crippen LogP contribution in [0, 0.1) is 0 Å². The molecule has 3 rings (SSSR count). The van der Waals surface area contributed by atoms with E-state index in [1.807, 2.05) is 4.90 Å². The summed E-state index contributed by atoms with van der Waals surface area (Å²) < 4.78 is 56.8. The van der Waals surface area contributed by atoms with E-state index in [1.54, 1.807) is 26.2 Å². The number of piperidine rings is 1. The molecular weight excluding hydrogens is 528 g/mol.